The molecule has 0 aliphatic carbocycles. The van der Waals surface area contributed by atoms with Crippen LogP contribution in [-0.2, 0) is 11.3 Å². The zero-order valence-electron chi connectivity index (χ0n) is 18.7. The molecule has 34 heavy (non-hydrogen) atoms. The van der Waals surface area contributed by atoms with E-state index >= 15 is 0 Å². The van der Waals surface area contributed by atoms with Crippen molar-refractivity contribution >= 4 is 22.5 Å². The summed E-state index contributed by atoms with van der Waals surface area (Å²) in [5, 5.41) is 14.6. The molecule has 4 N–H and O–H groups in total. The molecule has 7 heteroatoms. The van der Waals surface area contributed by atoms with E-state index in [1.54, 1.807) is 0 Å². The summed E-state index contributed by atoms with van der Waals surface area (Å²) in [5.41, 5.74) is 4.37. The van der Waals surface area contributed by atoms with E-state index in [0.29, 0.717) is 13.2 Å². The smallest absolute Gasteiger partial charge is 0.231 e. The molecule has 3 aromatic carbocycles. The Hall–Kier alpha value is -3.03. The predicted molar refractivity (Wildman–Crippen MR) is 131 cm³/mol. The lowest BCUT2D eigenvalue weighted by Crippen LogP contribution is -2.87. The van der Waals surface area contributed by atoms with Crippen molar-refractivity contribution in [3.8, 4) is 11.5 Å². The fraction of sp³-hybridized carbons (Fsp3) is 0.259. The first kappa shape index (κ1) is 22.7. The molecular formula is C27H28ClN2O4+. The number of aromatic nitrogens is 1. The van der Waals surface area contributed by atoms with E-state index in [-0.39, 0.29) is 19.3 Å². The quantitative estimate of drug-likeness (QED) is 0.323. The van der Waals surface area contributed by atoms with Crippen LogP contribution in [0.15, 0.2) is 72.9 Å². The normalized spacial score (nSPS) is 14.4. The van der Waals surface area contributed by atoms with E-state index in [9.17, 15) is 5.11 Å². The molecule has 1 aromatic heterocycles. The van der Waals surface area contributed by atoms with Crippen LogP contribution in [0.25, 0.3) is 10.9 Å². The van der Waals surface area contributed by atoms with Crippen LogP contribution in [-0.4, -0.2) is 42.7 Å². The van der Waals surface area contributed by atoms with Crippen LogP contribution in [0, 0.1) is 0 Å². The van der Waals surface area contributed by atoms with Crippen LogP contribution in [0.1, 0.15) is 22.6 Å². The third kappa shape index (κ3) is 5.05. The van der Waals surface area contributed by atoms with Gasteiger partial charge in [0.2, 0.25) is 6.79 Å². The van der Waals surface area contributed by atoms with Gasteiger partial charge in [0.15, 0.2) is 11.5 Å². The van der Waals surface area contributed by atoms with Gasteiger partial charge in [0.05, 0.1) is 25.7 Å². The summed E-state index contributed by atoms with van der Waals surface area (Å²) in [6.07, 6.45) is 1.49. The molecule has 0 unspecified atom stereocenters. The van der Waals surface area contributed by atoms with Crippen LogP contribution in [0.5, 0.6) is 11.5 Å². The Kier molecular flexibility index (Phi) is 7.02. The summed E-state index contributed by atoms with van der Waals surface area (Å²) < 4.78 is 16.5. The Labute approximate surface area is 203 Å². The number of para-hydroxylation sites is 1. The van der Waals surface area contributed by atoms with Crippen LogP contribution < -0.4 is 14.8 Å². The number of nitrogens with two attached hydrogens (primary N) is 1. The SMILES string of the molecule is O[C@H](C[NH2+]C[C@H](c1ccccc1Cl)c1c[nH]c2ccccc12)COCc1ccc2c(c1)OCO2. The third-order valence-corrected chi connectivity index (χ3v) is 6.48. The molecule has 176 valence electrons. The lowest BCUT2D eigenvalue weighted by atomic mass is 9.90. The molecule has 0 spiro atoms. The molecule has 4 aromatic rings. The van der Waals surface area contributed by atoms with Gasteiger partial charge in [0, 0.05) is 22.1 Å². The Bertz CT molecular complexity index is 1260. The molecule has 5 rings (SSSR count). The second kappa shape index (κ2) is 10.5. The number of hydrogen-bond acceptors (Lipinski definition) is 4. The maximum absolute atomic E-state index is 10.5. The van der Waals surface area contributed by atoms with E-state index in [0.717, 1.165) is 39.7 Å². The molecule has 0 bridgehead atoms. The molecule has 0 saturated heterocycles. The van der Waals surface area contributed by atoms with E-state index in [4.69, 9.17) is 25.8 Å². The van der Waals surface area contributed by atoms with Gasteiger partial charge in [0.1, 0.15) is 12.6 Å². The average Bonchev–Trinajstić information content (AvgIpc) is 3.49. The molecule has 0 amide bonds. The zero-order valence-corrected chi connectivity index (χ0v) is 19.5. The van der Waals surface area contributed by atoms with Gasteiger partial charge in [-0.15, -0.1) is 0 Å². The molecule has 6 nitrogen and oxygen atoms in total. The first-order valence-electron chi connectivity index (χ1n) is 11.5. The molecule has 2 heterocycles. The summed E-state index contributed by atoms with van der Waals surface area (Å²) in [5.74, 6) is 1.58. The minimum absolute atomic E-state index is 0.0894. The number of aromatic amines is 1. The monoisotopic (exact) mass is 479 g/mol. The number of aliphatic hydroxyl groups excluding tert-OH is 1. The van der Waals surface area contributed by atoms with Crippen molar-refractivity contribution in [2.24, 2.45) is 0 Å². The molecule has 1 aliphatic heterocycles. The first-order valence-corrected chi connectivity index (χ1v) is 11.8. The van der Waals surface area contributed by atoms with Crippen molar-refractivity contribution in [2.45, 2.75) is 18.6 Å². The number of aliphatic hydroxyl groups is 1. The Balaban J connectivity index is 1.19. The number of rotatable bonds is 10. The second-order valence-electron chi connectivity index (χ2n) is 8.48. The predicted octanol–water partition coefficient (Wildman–Crippen LogP) is 3.82. The van der Waals surface area contributed by atoms with Crippen LogP contribution >= 0.6 is 11.6 Å². The summed E-state index contributed by atoms with van der Waals surface area (Å²) >= 11 is 6.58. The van der Waals surface area contributed by atoms with Gasteiger partial charge < -0.3 is 29.6 Å². The maximum Gasteiger partial charge on any atom is 0.231 e. The highest BCUT2D eigenvalue weighted by molar-refractivity contribution is 6.31. The number of quaternary nitrogens is 1. The number of hydrogen-bond donors (Lipinski definition) is 3. The lowest BCUT2D eigenvalue weighted by Gasteiger charge is -2.18. The summed E-state index contributed by atoms with van der Waals surface area (Å²) in [6.45, 7) is 2.21. The molecular weight excluding hydrogens is 452 g/mol. The topological polar surface area (TPSA) is 80.3 Å². The minimum Gasteiger partial charge on any atom is -0.454 e. The summed E-state index contributed by atoms with van der Waals surface area (Å²) in [6, 6.07) is 22.0. The minimum atomic E-state index is -0.580. The van der Waals surface area contributed by atoms with Gasteiger partial charge in [-0.05, 0) is 41.0 Å². The number of fused-ring (bicyclic) bond motifs is 2. The van der Waals surface area contributed by atoms with E-state index in [1.807, 2.05) is 48.5 Å². The van der Waals surface area contributed by atoms with E-state index in [2.05, 4.69) is 34.7 Å². The van der Waals surface area contributed by atoms with Gasteiger partial charge >= 0.3 is 0 Å². The Morgan fingerprint density at radius 3 is 2.71 bits per heavy atom. The number of ether oxygens (including phenoxy) is 3. The van der Waals surface area contributed by atoms with Crippen molar-refractivity contribution in [3.63, 3.8) is 0 Å². The highest BCUT2D eigenvalue weighted by Crippen LogP contribution is 2.34. The average molecular weight is 480 g/mol. The molecule has 1 aliphatic rings. The third-order valence-electron chi connectivity index (χ3n) is 6.13. The Morgan fingerprint density at radius 1 is 0.971 bits per heavy atom. The lowest BCUT2D eigenvalue weighted by molar-refractivity contribution is -0.662. The van der Waals surface area contributed by atoms with Gasteiger partial charge in [-0.1, -0.05) is 54.1 Å². The van der Waals surface area contributed by atoms with Crippen molar-refractivity contribution in [1.29, 1.82) is 0 Å². The molecule has 2 atom stereocenters. The molecule has 0 radical (unpaired) electrons. The van der Waals surface area contributed by atoms with Crippen molar-refractivity contribution in [1.82, 2.24) is 4.98 Å². The van der Waals surface area contributed by atoms with Crippen molar-refractivity contribution in [3.05, 3.63) is 94.6 Å². The first-order chi connectivity index (χ1) is 16.7. The fourth-order valence-electron chi connectivity index (χ4n) is 4.43. The van der Waals surface area contributed by atoms with Gasteiger partial charge in [-0.3, -0.25) is 0 Å². The fourth-order valence-corrected chi connectivity index (χ4v) is 4.70. The van der Waals surface area contributed by atoms with Gasteiger partial charge in [0.25, 0.3) is 0 Å². The van der Waals surface area contributed by atoms with Crippen LogP contribution in [0.4, 0.5) is 0 Å². The highest BCUT2D eigenvalue weighted by atomic mass is 35.5. The van der Waals surface area contributed by atoms with E-state index in [1.165, 1.54) is 10.9 Å². The largest absolute Gasteiger partial charge is 0.454 e. The van der Waals surface area contributed by atoms with Gasteiger partial charge in [-0.25, -0.2) is 0 Å². The maximum atomic E-state index is 10.5. The number of nitrogens with one attached hydrogen (secondary N) is 1. The van der Waals surface area contributed by atoms with Crippen molar-refractivity contribution < 1.29 is 24.6 Å². The van der Waals surface area contributed by atoms with Crippen molar-refractivity contribution in [2.75, 3.05) is 26.5 Å². The second-order valence-corrected chi connectivity index (χ2v) is 8.89. The zero-order chi connectivity index (χ0) is 23.3. The van der Waals surface area contributed by atoms with E-state index < -0.39 is 6.10 Å². The molecule has 0 saturated carbocycles. The standard InChI is InChI=1S/C27H27ClN2O4/c28-24-7-3-1-5-20(24)22(23-14-30-25-8-4-2-6-21(23)25)13-29-12-19(31)16-32-15-18-9-10-26-27(11-18)34-17-33-26/h1-11,14,19,22,29-31H,12-13,15-17H2/p+1/t19-,22-/m1/s1. The number of benzene rings is 3. The Morgan fingerprint density at radius 2 is 1.79 bits per heavy atom. The highest BCUT2D eigenvalue weighted by Gasteiger charge is 2.22. The molecule has 0 fully saturated rings. The summed E-state index contributed by atoms with van der Waals surface area (Å²) in [7, 11) is 0. The van der Waals surface area contributed by atoms with Crippen LogP contribution in [0.2, 0.25) is 5.02 Å². The number of halogens is 1. The van der Waals surface area contributed by atoms with Crippen LogP contribution in [0.3, 0.4) is 0 Å². The van der Waals surface area contributed by atoms with Gasteiger partial charge in [-0.2, -0.15) is 0 Å². The number of H-pyrrole nitrogens is 1. The summed E-state index contributed by atoms with van der Waals surface area (Å²) in [4.78, 5) is 3.37.